The molecule has 170 valence electrons. The van der Waals surface area contributed by atoms with E-state index in [-0.39, 0.29) is 46.0 Å². The predicted molar refractivity (Wildman–Crippen MR) is 118 cm³/mol. The van der Waals surface area contributed by atoms with E-state index < -0.39 is 15.9 Å². The van der Waals surface area contributed by atoms with Crippen LogP contribution in [-0.4, -0.2) is 41.9 Å². The van der Waals surface area contributed by atoms with Gasteiger partial charge in [0.1, 0.15) is 5.82 Å². The number of hydrogen-bond acceptors (Lipinski definition) is 6. The third-order valence-electron chi connectivity index (χ3n) is 4.69. The molecule has 0 saturated heterocycles. The van der Waals surface area contributed by atoms with Crippen molar-refractivity contribution < 1.29 is 22.1 Å². The topological polar surface area (TPSA) is 105 Å². The van der Waals surface area contributed by atoms with Gasteiger partial charge in [0.25, 0.3) is 0 Å². The highest BCUT2D eigenvalue weighted by Gasteiger charge is 2.23. The minimum atomic E-state index is -3.69. The molecule has 0 aliphatic rings. The summed E-state index contributed by atoms with van der Waals surface area (Å²) in [5.41, 5.74) is 0.784. The molecule has 32 heavy (non-hydrogen) atoms. The monoisotopic (exact) mass is 480 g/mol. The molecule has 1 heterocycles. The fraction of sp³-hybridized carbons (Fsp3) is 0.286. The number of nitrogens with zero attached hydrogens (tertiary/aromatic N) is 3. The lowest BCUT2D eigenvalue weighted by molar-refractivity contribution is -0.116. The molecule has 3 rings (SSSR count). The molecule has 0 radical (unpaired) electrons. The second-order valence-electron chi connectivity index (χ2n) is 6.80. The average Bonchev–Trinajstić information content (AvgIpc) is 3.24. The van der Waals surface area contributed by atoms with Gasteiger partial charge >= 0.3 is 0 Å². The van der Waals surface area contributed by atoms with Crippen molar-refractivity contribution in [1.82, 2.24) is 14.4 Å². The number of carbonyl (C=O) groups is 1. The minimum absolute atomic E-state index is 0.00834. The quantitative estimate of drug-likeness (QED) is 0.493. The van der Waals surface area contributed by atoms with Crippen molar-refractivity contribution in [3.8, 4) is 11.4 Å². The van der Waals surface area contributed by atoms with Crippen LogP contribution in [0, 0.1) is 5.82 Å². The van der Waals surface area contributed by atoms with E-state index in [1.165, 1.54) is 46.8 Å². The number of hydrogen-bond donors (Lipinski definition) is 1. The van der Waals surface area contributed by atoms with Crippen LogP contribution in [0.5, 0.6) is 0 Å². The van der Waals surface area contributed by atoms with Gasteiger partial charge in [-0.1, -0.05) is 30.6 Å². The van der Waals surface area contributed by atoms with Crippen LogP contribution >= 0.6 is 11.6 Å². The Bertz CT molecular complexity index is 1190. The number of sulfonamides is 1. The average molecular weight is 481 g/mol. The summed E-state index contributed by atoms with van der Waals surface area (Å²) in [4.78, 5) is 16.6. The Balaban J connectivity index is 1.66. The zero-order chi connectivity index (χ0) is 23.3. The van der Waals surface area contributed by atoms with Crippen molar-refractivity contribution in [2.45, 2.75) is 31.6 Å². The van der Waals surface area contributed by atoms with Crippen LogP contribution in [0.4, 0.5) is 10.1 Å². The zero-order valence-corrected chi connectivity index (χ0v) is 19.1. The molecule has 8 nitrogen and oxygen atoms in total. The lowest BCUT2D eigenvalue weighted by atomic mass is 10.2. The summed E-state index contributed by atoms with van der Waals surface area (Å²) in [7, 11) is -3.69. The molecule has 0 fully saturated rings. The Kier molecular flexibility index (Phi) is 7.60. The van der Waals surface area contributed by atoms with Crippen molar-refractivity contribution in [1.29, 1.82) is 0 Å². The highest BCUT2D eigenvalue weighted by atomic mass is 35.5. The molecule has 0 aliphatic heterocycles. The number of amides is 1. The maximum absolute atomic E-state index is 13.0. The SMILES string of the molecule is CCN(CC)S(=O)(=O)c1ccc(Cl)c(NC(=O)CCc2nc(-c3ccc(F)cc3)no2)c1. The fourth-order valence-corrected chi connectivity index (χ4v) is 4.63. The van der Waals surface area contributed by atoms with E-state index in [4.69, 9.17) is 16.1 Å². The van der Waals surface area contributed by atoms with Gasteiger partial charge in [-0.15, -0.1) is 0 Å². The summed E-state index contributed by atoms with van der Waals surface area (Å²) in [6, 6.07) is 9.80. The van der Waals surface area contributed by atoms with Crippen molar-refractivity contribution in [2.24, 2.45) is 0 Å². The molecule has 2 aromatic carbocycles. The van der Waals surface area contributed by atoms with Gasteiger partial charge in [-0.3, -0.25) is 4.79 Å². The number of carbonyl (C=O) groups excluding carboxylic acids is 1. The summed E-state index contributed by atoms with van der Waals surface area (Å²) in [5.74, 6) is -0.242. The number of nitrogens with one attached hydrogen (secondary N) is 1. The smallest absolute Gasteiger partial charge is 0.243 e. The van der Waals surface area contributed by atoms with Crippen molar-refractivity contribution in [3.05, 3.63) is 59.2 Å². The summed E-state index contributed by atoms with van der Waals surface area (Å²) in [5, 5.41) is 6.67. The van der Waals surface area contributed by atoms with Crippen LogP contribution in [0.1, 0.15) is 26.2 Å². The predicted octanol–water partition coefficient (Wildman–Crippen LogP) is 4.13. The van der Waals surface area contributed by atoms with Gasteiger partial charge in [-0.05, 0) is 42.5 Å². The Hall–Kier alpha value is -2.82. The number of anilines is 1. The molecular formula is C21H22ClFN4O4S. The second-order valence-corrected chi connectivity index (χ2v) is 9.14. The highest BCUT2D eigenvalue weighted by Crippen LogP contribution is 2.27. The van der Waals surface area contributed by atoms with Gasteiger partial charge in [-0.2, -0.15) is 9.29 Å². The van der Waals surface area contributed by atoms with Gasteiger partial charge < -0.3 is 9.84 Å². The first-order chi connectivity index (χ1) is 15.2. The van der Waals surface area contributed by atoms with Gasteiger partial charge in [0, 0.05) is 31.5 Å². The van der Waals surface area contributed by atoms with Crippen LogP contribution in [-0.2, 0) is 21.2 Å². The fourth-order valence-electron chi connectivity index (χ4n) is 2.98. The van der Waals surface area contributed by atoms with Crippen molar-refractivity contribution in [3.63, 3.8) is 0 Å². The molecule has 0 saturated carbocycles. The first-order valence-electron chi connectivity index (χ1n) is 9.92. The molecule has 0 atom stereocenters. The highest BCUT2D eigenvalue weighted by molar-refractivity contribution is 7.89. The van der Waals surface area contributed by atoms with Crippen molar-refractivity contribution >= 4 is 33.2 Å². The van der Waals surface area contributed by atoms with Crippen LogP contribution in [0.15, 0.2) is 51.9 Å². The van der Waals surface area contributed by atoms with Crippen LogP contribution in [0.3, 0.4) is 0 Å². The van der Waals surface area contributed by atoms with Crippen molar-refractivity contribution in [2.75, 3.05) is 18.4 Å². The van der Waals surface area contributed by atoms with Gasteiger partial charge in [-0.25, -0.2) is 12.8 Å². The van der Waals surface area contributed by atoms with E-state index in [1.54, 1.807) is 13.8 Å². The molecule has 1 N–H and O–H groups in total. The number of halogens is 2. The maximum Gasteiger partial charge on any atom is 0.243 e. The molecule has 0 spiro atoms. The molecule has 3 aromatic rings. The minimum Gasteiger partial charge on any atom is -0.339 e. The van der Waals surface area contributed by atoms with Crippen LogP contribution < -0.4 is 5.32 Å². The standard InChI is InChI=1S/C21H22ClFN4O4S/c1-3-27(4-2)32(29,30)16-9-10-17(22)18(13-16)24-19(28)11-12-20-25-21(26-31-20)14-5-7-15(23)8-6-14/h5-10,13H,3-4,11-12H2,1-2H3,(H,24,28). The summed E-state index contributed by atoms with van der Waals surface area (Å²) >= 11 is 6.15. The number of benzene rings is 2. The van der Waals surface area contributed by atoms with Gasteiger partial charge in [0.2, 0.25) is 27.6 Å². The molecule has 0 aliphatic carbocycles. The van der Waals surface area contributed by atoms with Crippen LogP contribution in [0.2, 0.25) is 5.02 Å². The number of rotatable bonds is 9. The zero-order valence-electron chi connectivity index (χ0n) is 17.5. The van der Waals surface area contributed by atoms with E-state index in [0.29, 0.717) is 18.7 Å². The van der Waals surface area contributed by atoms with Crippen LogP contribution in [0.25, 0.3) is 11.4 Å². The van der Waals surface area contributed by atoms with E-state index in [9.17, 15) is 17.6 Å². The lowest BCUT2D eigenvalue weighted by Gasteiger charge is -2.19. The van der Waals surface area contributed by atoms with Gasteiger partial charge in [0.15, 0.2) is 0 Å². The van der Waals surface area contributed by atoms with E-state index in [0.717, 1.165) is 0 Å². The van der Waals surface area contributed by atoms with E-state index in [1.807, 2.05) is 0 Å². The molecule has 1 amide bonds. The van der Waals surface area contributed by atoms with E-state index in [2.05, 4.69) is 15.5 Å². The first kappa shape index (κ1) is 23.8. The first-order valence-corrected chi connectivity index (χ1v) is 11.7. The Morgan fingerprint density at radius 2 is 1.84 bits per heavy atom. The number of aryl methyl sites for hydroxylation is 1. The molecular weight excluding hydrogens is 459 g/mol. The normalized spacial score (nSPS) is 11.7. The maximum atomic E-state index is 13.0. The molecule has 0 unspecified atom stereocenters. The third kappa shape index (κ3) is 5.50. The van der Waals surface area contributed by atoms with Gasteiger partial charge in [0.05, 0.1) is 15.6 Å². The molecule has 11 heteroatoms. The third-order valence-corrected chi connectivity index (χ3v) is 7.07. The summed E-state index contributed by atoms with van der Waals surface area (Å²) in [6.45, 7) is 4.15. The Labute approximate surface area is 190 Å². The number of aromatic nitrogens is 2. The van der Waals surface area contributed by atoms with E-state index >= 15 is 0 Å². The largest absolute Gasteiger partial charge is 0.339 e. The Morgan fingerprint density at radius 1 is 1.16 bits per heavy atom. The Morgan fingerprint density at radius 3 is 2.50 bits per heavy atom. The molecule has 0 bridgehead atoms. The second kappa shape index (κ2) is 10.2. The summed E-state index contributed by atoms with van der Waals surface area (Å²) < 4.78 is 44.9. The lowest BCUT2D eigenvalue weighted by Crippen LogP contribution is -2.30. The summed E-state index contributed by atoms with van der Waals surface area (Å²) in [6.07, 6.45) is 0.170. The molecule has 1 aromatic heterocycles.